The number of ether oxygens (including phenoxy) is 1. The van der Waals surface area contributed by atoms with Crippen molar-refractivity contribution in [3.63, 3.8) is 0 Å². The molecule has 1 rings (SSSR count). The molecule has 0 fully saturated rings. The fraction of sp³-hybridized carbons (Fsp3) is 0.611. The van der Waals surface area contributed by atoms with Crippen LogP contribution in [0.4, 0.5) is 4.79 Å². The molecule has 0 aromatic heterocycles. The number of rotatable bonds is 10. The van der Waals surface area contributed by atoms with Crippen LogP contribution < -0.4 is 15.4 Å². The second kappa shape index (κ2) is 11.1. The Bertz CT molecular complexity index is 429. The number of carbonyl (C=O) groups is 1. The Morgan fingerprint density at radius 3 is 2.59 bits per heavy atom. The monoisotopic (exact) mass is 306 g/mol. The molecule has 0 aliphatic rings. The van der Waals surface area contributed by atoms with E-state index in [1.165, 1.54) is 31.2 Å². The number of hydrogen-bond acceptors (Lipinski definition) is 3. The minimum absolute atomic E-state index is 0.430. The van der Waals surface area contributed by atoms with Gasteiger partial charge in [-0.3, -0.25) is 0 Å². The number of amides is 1. The summed E-state index contributed by atoms with van der Waals surface area (Å²) in [6.07, 6.45) is 6.62. The molecule has 0 saturated heterocycles. The number of nitrogens with one attached hydrogen (secondary N) is 2. The first-order valence-corrected chi connectivity index (χ1v) is 8.41. The summed E-state index contributed by atoms with van der Waals surface area (Å²) in [5.74, 6) is 0.597. The molecule has 1 aromatic carbocycles. The van der Waals surface area contributed by atoms with Gasteiger partial charge >= 0.3 is 6.09 Å². The molecule has 0 atom stereocenters. The topological polar surface area (TPSA) is 50.4 Å². The van der Waals surface area contributed by atoms with Gasteiger partial charge in [0.25, 0.3) is 0 Å². The maximum atomic E-state index is 11.2. The lowest BCUT2D eigenvalue weighted by Gasteiger charge is -2.17. The third-order valence-electron chi connectivity index (χ3n) is 3.66. The summed E-state index contributed by atoms with van der Waals surface area (Å²) >= 11 is 0. The van der Waals surface area contributed by atoms with Crippen molar-refractivity contribution in [2.45, 2.75) is 58.4 Å². The quantitative estimate of drug-likeness (QED) is 0.645. The molecule has 0 aliphatic heterocycles. The van der Waals surface area contributed by atoms with E-state index in [9.17, 15) is 4.79 Å². The minimum Gasteiger partial charge on any atom is -0.410 e. The Labute approximate surface area is 134 Å². The molecule has 4 heteroatoms. The average Bonchev–Trinajstić information content (AvgIpc) is 2.52. The number of aryl methyl sites for hydroxylation is 1. The Hall–Kier alpha value is -1.55. The smallest absolute Gasteiger partial charge is 0.410 e. The summed E-state index contributed by atoms with van der Waals surface area (Å²) in [7, 11) is 1.56. The molecule has 0 unspecified atom stereocenters. The molecule has 1 aromatic rings. The van der Waals surface area contributed by atoms with Crippen LogP contribution in [0.15, 0.2) is 24.3 Å². The predicted molar refractivity (Wildman–Crippen MR) is 91.5 cm³/mol. The van der Waals surface area contributed by atoms with Crippen molar-refractivity contribution in [2.75, 3.05) is 13.6 Å². The van der Waals surface area contributed by atoms with E-state index in [0.717, 1.165) is 19.4 Å². The molecule has 22 heavy (non-hydrogen) atoms. The Kier molecular flexibility index (Phi) is 9.31. The van der Waals surface area contributed by atoms with E-state index in [1.54, 1.807) is 13.1 Å². The summed E-state index contributed by atoms with van der Waals surface area (Å²) in [5, 5.41) is 6.10. The largest absolute Gasteiger partial charge is 0.412 e. The predicted octanol–water partition coefficient (Wildman–Crippen LogP) is 3.90. The van der Waals surface area contributed by atoms with Crippen LogP contribution in [0, 0.1) is 0 Å². The summed E-state index contributed by atoms with van der Waals surface area (Å²) in [6.45, 7) is 5.51. The highest BCUT2D eigenvalue weighted by Gasteiger charge is 2.06. The van der Waals surface area contributed by atoms with E-state index in [1.807, 2.05) is 12.1 Å². The van der Waals surface area contributed by atoms with Crippen molar-refractivity contribution < 1.29 is 9.53 Å². The van der Waals surface area contributed by atoms with Crippen LogP contribution in [-0.2, 0) is 6.42 Å². The summed E-state index contributed by atoms with van der Waals surface area (Å²) in [5.41, 5.74) is 1.20. The molecule has 124 valence electrons. The molecule has 0 aliphatic carbocycles. The highest BCUT2D eigenvalue weighted by Crippen LogP contribution is 2.15. The Morgan fingerprint density at radius 2 is 1.95 bits per heavy atom. The fourth-order valence-electron chi connectivity index (χ4n) is 2.57. The zero-order valence-electron chi connectivity index (χ0n) is 14.2. The second-order valence-corrected chi connectivity index (χ2v) is 5.62. The summed E-state index contributed by atoms with van der Waals surface area (Å²) < 4.78 is 5.15. The fourth-order valence-corrected chi connectivity index (χ4v) is 2.57. The standard InChI is InChI=1S/C18H30N2O2/c1-4-8-16(9-5-2)20-13-7-11-15-10-6-12-17(14-15)22-18(21)19-3/h6,10,12,14,16,20H,4-5,7-9,11,13H2,1-3H3,(H,19,21). The minimum atomic E-state index is -0.430. The molecule has 2 N–H and O–H groups in total. The van der Waals surface area contributed by atoms with E-state index in [-0.39, 0.29) is 0 Å². The van der Waals surface area contributed by atoms with Gasteiger partial charge in [0.15, 0.2) is 0 Å². The van der Waals surface area contributed by atoms with E-state index in [0.29, 0.717) is 11.8 Å². The maximum Gasteiger partial charge on any atom is 0.412 e. The molecule has 0 heterocycles. The van der Waals surface area contributed by atoms with E-state index < -0.39 is 6.09 Å². The normalized spacial score (nSPS) is 10.7. The van der Waals surface area contributed by atoms with Gasteiger partial charge in [-0.15, -0.1) is 0 Å². The van der Waals surface area contributed by atoms with Crippen molar-refractivity contribution in [2.24, 2.45) is 0 Å². The highest BCUT2D eigenvalue weighted by molar-refractivity contribution is 5.69. The van der Waals surface area contributed by atoms with Gasteiger partial charge in [0.05, 0.1) is 0 Å². The van der Waals surface area contributed by atoms with Gasteiger partial charge in [-0.1, -0.05) is 38.8 Å². The van der Waals surface area contributed by atoms with Crippen LogP contribution in [0.25, 0.3) is 0 Å². The number of hydrogen-bond donors (Lipinski definition) is 2. The average molecular weight is 306 g/mol. The Balaban J connectivity index is 2.35. The van der Waals surface area contributed by atoms with Gasteiger partial charge in [-0.05, 0) is 49.9 Å². The van der Waals surface area contributed by atoms with Gasteiger partial charge in [0, 0.05) is 13.1 Å². The molecule has 4 nitrogen and oxygen atoms in total. The van der Waals surface area contributed by atoms with E-state index in [4.69, 9.17) is 4.74 Å². The SMILES string of the molecule is CCCC(CCC)NCCCc1cccc(OC(=O)NC)c1. The zero-order chi connectivity index (χ0) is 16.2. The molecule has 0 spiro atoms. The van der Waals surface area contributed by atoms with Gasteiger partial charge in [0.2, 0.25) is 0 Å². The van der Waals surface area contributed by atoms with Crippen LogP contribution in [0.3, 0.4) is 0 Å². The lowest BCUT2D eigenvalue weighted by atomic mass is 10.1. The van der Waals surface area contributed by atoms with Crippen LogP contribution in [0.5, 0.6) is 5.75 Å². The number of benzene rings is 1. The van der Waals surface area contributed by atoms with Crippen LogP contribution >= 0.6 is 0 Å². The second-order valence-electron chi connectivity index (χ2n) is 5.62. The lowest BCUT2D eigenvalue weighted by Crippen LogP contribution is -2.29. The molecule has 0 radical (unpaired) electrons. The van der Waals surface area contributed by atoms with Crippen LogP contribution in [0.2, 0.25) is 0 Å². The molecular weight excluding hydrogens is 276 g/mol. The summed E-state index contributed by atoms with van der Waals surface area (Å²) in [6, 6.07) is 8.39. The molecule has 1 amide bonds. The van der Waals surface area contributed by atoms with Crippen molar-refractivity contribution in [1.82, 2.24) is 10.6 Å². The first-order valence-electron chi connectivity index (χ1n) is 8.41. The van der Waals surface area contributed by atoms with E-state index in [2.05, 4.69) is 30.5 Å². The third-order valence-corrected chi connectivity index (χ3v) is 3.66. The maximum absolute atomic E-state index is 11.2. The first kappa shape index (κ1) is 18.5. The van der Waals surface area contributed by atoms with Crippen molar-refractivity contribution in [3.05, 3.63) is 29.8 Å². The van der Waals surface area contributed by atoms with Gasteiger partial charge < -0.3 is 15.4 Å². The molecule has 0 bridgehead atoms. The highest BCUT2D eigenvalue weighted by atomic mass is 16.5. The molecule has 0 saturated carbocycles. The van der Waals surface area contributed by atoms with Crippen molar-refractivity contribution in [1.29, 1.82) is 0 Å². The number of carbonyl (C=O) groups excluding carboxylic acids is 1. The third kappa shape index (κ3) is 7.46. The van der Waals surface area contributed by atoms with Gasteiger partial charge in [-0.2, -0.15) is 0 Å². The van der Waals surface area contributed by atoms with Gasteiger partial charge in [0.1, 0.15) is 5.75 Å². The van der Waals surface area contributed by atoms with Crippen LogP contribution in [0.1, 0.15) is 51.5 Å². The van der Waals surface area contributed by atoms with E-state index >= 15 is 0 Å². The van der Waals surface area contributed by atoms with Crippen LogP contribution in [-0.4, -0.2) is 25.7 Å². The Morgan fingerprint density at radius 1 is 1.23 bits per heavy atom. The summed E-state index contributed by atoms with van der Waals surface area (Å²) in [4.78, 5) is 11.2. The molecular formula is C18H30N2O2. The van der Waals surface area contributed by atoms with Crippen molar-refractivity contribution >= 4 is 6.09 Å². The zero-order valence-corrected chi connectivity index (χ0v) is 14.2. The van der Waals surface area contributed by atoms with Crippen molar-refractivity contribution in [3.8, 4) is 5.75 Å². The lowest BCUT2D eigenvalue weighted by molar-refractivity contribution is 0.203. The first-order chi connectivity index (χ1) is 10.7. The van der Waals surface area contributed by atoms with Gasteiger partial charge in [-0.25, -0.2) is 4.79 Å².